The van der Waals surface area contributed by atoms with E-state index in [0.717, 1.165) is 24.2 Å². The van der Waals surface area contributed by atoms with Crippen LogP contribution in [0.3, 0.4) is 0 Å². The number of pyridine rings is 1. The van der Waals surface area contributed by atoms with E-state index in [1.54, 1.807) is 7.11 Å². The van der Waals surface area contributed by atoms with Gasteiger partial charge >= 0.3 is 0 Å². The second-order valence-electron chi connectivity index (χ2n) is 3.38. The average Bonchev–Trinajstić information content (AvgIpc) is 2.17. The Hall–Kier alpha value is -0.610. The lowest BCUT2D eigenvalue weighted by Gasteiger charge is -2.39. The Morgan fingerprint density at radius 3 is 3.07 bits per heavy atom. The molecule has 4 heteroatoms. The molecule has 0 N–H and O–H groups in total. The molecule has 0 radical (unpaired) electrons. The molecular weight excluding hydrogens is 244 g/mol. The van der Waals surface area contributed by atoms with Crippen molar-refractivity contribution in [2.75, 3.05) is 25.1 Å². The number of rotatable bonds is 3. The Bertz CT molecular complexity index is 313. The minimum Gasteiger partial charge on any atom is -0.378 e. The molecule has 1 aliphatic heterocycles. The Labute approximate surface area is 92.2 Å². The van der Waals surface area contributed by atoms with Crippen molar-refractivity contribution in [1.82, 2.24) is 4.98 Å². The van der Waals surface area contributed by atoms with Crippen molar-refractivity contribution < 1.29 is 4.74 Å². The first-order valence-corrected chi connectivity index (χ1v) is 5.75. The molecule has 0 aromatic carbocycles. The van der Waals surface area contributed by atoms with E-state index in [1.165, 1.54) is 5.56 Å². The van der Waals surface area contributed by atoms with E-state index in [9.17, 15) is 0 Å². The largest absolute Gasteiger partial charge is 0.378 e. The lowest BCUT2D eigenvalue weighted by Crippen LogP contribution is -2.52. The van der Waals surface area contributed by atoms with Gasteiger partial charge in [0, 0.05) is 37.3 Å². The zero-order valence-corrected chi connectivity index (χ0v) is 9.70. The topological polar surface area (TPSA) is 25.4 Å². The molecule has 1 aromatic rings. The van der Waals surface area contributed by atoms with E-state index < -0.39 is 0 Å². The predicted octanol–water partition coefficient (Wildman–Crippen LogP) is 1.81. The van der Waals surface area contributed by atoms with Gasteiger partial charge in [0.15, 0.2) is 0 Å². The van der Waals surface area contributed by atoms with Crippen LogP contribution in [0, 0.1) is 0 Å². The van der Waals surface area contributed by atoms with Crippen molar-refractivity contribution in [1.29, 1.82) is 0 Å². The molecule has 0 spiro atoms. The van der Waals surface area contributed by atoms with Crippen molar-refractivity contribution >= 4 is 21.7 Å². The zero-order chi connectivity index (χ0) is 9.97. The van der Waals surface area contributed by atoms with Crippen molar-refractivity contribution in [2.45, 2.75) is 11.4 Å². The van der Waals surface area contributed by atoms with E-state index in [1.807, 2.05) is 12.3 Å². The standard InChI is InChI=1S/C10H13BrN2O/c1-14-9-6-13(7-9)10-8(5-11)3-2-4-12-10/h2-4,9H,5-7H2,1H3. The summed E-state index contributed by atoms with van der Waals surface area (Å²) < 4.78 is 5.23. The molecule has 14 heavy (non-hydrogen) atoms. The molecular formula is C10H13BrN2O. The summed E-state index contributed by atoms with van der Waals surface area (Å²) >= 11 is 3.46. The zero-order valence-electron chi connectivity index (χ0n) is 8.11. The normalized spacial score (nSPS) is 16.9. The maximum atomic E-state index is 5.23. The molecule has 1 fully saturated rings. The van der Waals surface area contributed by atoms with Crippen molar-refractivity contribution in [3.05, 3.63) is 23.9 Å². The van der Waals surface area contributed by atoms with Gasteiger partial charge in [-0.25, -0.2) is 4.98 Å². The van der Waals surface area contributed by atoms with E-state index in [-0.39, 0.29) is 0 Å². The van der Waals surface area contributed by atoms with Crippen LogP contribution in [0.4, 0.5) is 5.82 Å². The van der Waals surface area contributed by atoms with Crippen molar-refractivity contribution in [2.24, 2.45) is 0 Å². The highest BCUT2D eigenvalue weighted by Gasteiger charge is 2.28. The van der Waals surface area contributed by atoms with Crippen LogP contribution < -0.4 is 4.90 Å². The van der Waals surface area contributed by atoms with Gasteiger partial charge in [-0.15, -0.1) is 0 Å². The molecule has 2 rings (SSSR count). The first-order chi connectivity index (χ1) is 6.85. The maximum Gasteiger partial charge on any atom is 0.132 e. The van der Waals surface area contributed by atoms with Crippen LogP contribution in [-0.4, -0.2) is 31.3 Å². The summed E-state index contributed by atoms with van der Waals surface area (Å²) in [5.74, 6) is 1.08. The van der Waals surface area contributed by atoms with Gasteiger partial charge in [-0.2, -0.15) is 0 Å². The lowest BCUT2D eigenvalue weighted by atomic mass is 10.1. The molecule has 1 aromatic heterocycles. The number of halogens is 1. The molecule has 76 valence electrons. The highest BCUT2D eigenvalue weighted by molar-refractivity contribution is 9.08. The number of nitrogens with zero attached hydrogens (tertiary/aromatic N) is 2. The SMILES string of the molecule is COC1CN(c2ncccc2CBr)C1. The molecule has 2 heterocycles. The van der Waals surface area contributed by atoms with Gasteiger partial charge < -0.3 is 9.64 Å². The van der Waals surface area contributed by atoms with Crippen LogP contribution in [-0.2, 0) is 10.1 Å². The number of hydrogen-bond acceptors (Lipinski definition) is 3. The fourth-order valence-corrected chi connectivity index (χ4v) is 2.02. The number of hydrogen-bond donors (Lipinski definition) is 0. The van der Waals surface area contributed by atoms with Gasteiger partial charge in [-0.3, -0.25) is 0 Å². The second-order valence-corrected chi connectivity index (χ2v) is 3.94. The Balaban J connectivity index is 2.10. The molecule has 0 atom stereocenters. The lowest BCUT2D eigenvalue weighted by molar-refractivity contribution is 0.0782. The fraction of sp³-hybridized carbons (Fsp3) is 0.500. The summed E-state index contributed by atoms with van der Waals surface area (Å²) in [6, 6.07) is 4.06. The molecule has 1 saturated heterocycles. The first kappa shape index (κ1) is 9.93. The maximum absolute atomic E-state index is 5.23. The first-order valence-electron chi connectivity index (χ1n) is 4.62. The molecule has 3 nitrogen and oxygen atoms in total. The summed E-state index contributed by atoms with van der Waals surface area (Å²) in [5.41, 5.74) is 1.24. The van der Waals surface area contributed by atoms with Gasteiger partial charge in [0.2, 0.25) is 0 Å². The third-order valence-electron chi connectivity index (χ3n) is 2.49. The monoisotopic (exact) mass is 256 g/mol. The molecule has 0 amide bonds. The van der Waals surface area contributed by atoms with Gasteiger partial charge in [0.05, 0.1) is 6.10 Å². The number of aromatic nitrogens is 1. The number of anilines is 1. The Morgan fingerprint density at radius 1 is 1.64 bits per heavy atom. The Morgan fingerprint density at radius 2 is 2.43 bits per heavy atom. The van der Waals surface area contributed by atoms with Crippen LogP contribution in [0.25, 0.3) is 0 Å². The van der Waals surface area contributed by atoms with E-state index in [2.05, 4.69) is 31.9 Å². The summed E-state index contributed by atoms with van der Waals surface area (Å²) in [7, 11) is 1.76. The summed E-state index contributed by atoms with van der Waals surface area (Å²) in [4.78, 5) is 6.62. The van der Waals surface area contributed by atoms with E-state index in [0.29, 0.717) is 6.10 Å². The fourth-order valence-electron chi connectivity index (χ4n) is 1.58. The van der Waals surface area contributed by atoms with Crippen molar-refractivity contribution in [3.8, 4) is 0 Å². The number of ether oxygens (including phenoxy) is 1. The van der Waals surface area contributed by atoms with Gasteiger partial charge in [0.1, 0.15) is 5.82 Å². The van der Waals surface area contributed by atoms with Crippen LogP contribution in [0.1, 0.15) is 5.56 Å². The third-order valence-corrected chi connectivity index (χ3v) is 3.10. The predicted molar refractivity (Wildman–Crippen MR) is 59.9 cm³/mol. The summed E-state index contributed by atoms with van der Waals surface area (Å²) in [6.45, 7) is 1.90. The third kappa shape index (κ3) is 1.77. The van der Waals surface area contributed by atoms with Gasteiger partial charge in [-0.05, 0) is 6.07 Å². The molecule has 1 aliphatic rings. The minimum atomic E-state index is 0.375. The summed E-state index contributed by atoms with van der Waals surface area (Å²) in [5, 5.41) is 0.852. The van der Waals surface area contributed by atoms with E-state index >= 15 is 0 Å². The van der Waals surface area contributed by atoms with Crippen LogP contribution in [0.15, 0.2) is 18.3 Å². The molecule has 0 saturated carbocycles. The molecule has 0 bridgehead atoms. The molecule has 0 aliphatic carbocycles. The molecule has 0 unspecified atom stereocenters. The van der Waals surface area contributed by atoms with E-state index in [4.69, 9.17) is 4.74 Å². The minimum absolute atomic E-state index is 0.375. The van der Waals surface area contributed by atoms with Gasteiger partial charge in [-0.1, -0.05) is 22.0 Å². The van der Waals surface area contributed by atoms with Crippen LogP contribution in [0.5, 0.6) is 0 Å². The Kier molecular flexibility index (Phi) is 3.03. The van der Waals surface area contributed by atoms with Crippen LogP contribution in [0.2, 0.25) is 0 Å². The average molecular weight is 257 g/mol. The smallest absolute Gasteiger partial charge is 0.132 e. The highest BCUT2D eigenvalue weighted by Crippen LogP contribution is 2.24. The quantitative estimate of drug-likeness (QED) is 0.772. The number of methoxy groups -OCH3 is 1. The number of alkyl halides is 1. The van der Waals surface area contributed by atoms with Crippen LogP contribution >= 0.6 is 15.9 Å². The van der Waals surface area contributed by atoms with Crippen molar-refractivity contribution in [3.63, 3.8) is 0 Å². The highest BCUT2D eigenvalue weighted by atomic mass is 79.9. The van der Waals surface area contributed by atoms with Gasteiger partial charge in [0.25, 0.3) is 0 Å². The summed E-state index contributed by atoms with van der Waals surface area (Å²) in [6.07, 6.45) is 2.21. The second kappa shape index (κ2) is 4.28.